The molecule has 0 saturated heterocycles. The molecule has 0 amide bonds. The first-order valence-electron chi connectivity index (χ1n) is 13.2. The third-order valence-electron chi connectivity index (χ3n) is 8.71. The highest BCUT2D eigenvalue weighted by Crippen LogP contribution is 2.64. The summed E-state index contributed by atoms with van der Waals surface area (Å²) in [7, 11) is 0. The number of benzene rings is 6. The molecule has 1 aromatic heterocycles. The van der Waals surface area contributed by atoms with Crippen LogP contribution in [0.25, 0.3) is 53.6 Å². The molecule has 2 aliphatic rings. The zero-order valence-electron chi connectivity index (χ0n) is 20.6. The third-order valence-corrected chi connectivity index (χ3v) is 9.93. The molecule has 9 rings (SSSR count). The molecule has 1 heteroatoms. The summed E-state index contributed by atoms with van der Waals surface area (Å²) in [5, 5.41) is 2.69. The highest BCUT2D eigenvalue weighted by molar-refractivity contribution is 7.26. The van der Waals surface area contributed by atoms with Gasteiger partial charge >= 0.3 is 0 Å². The number of hydrogen-bond donors (Lipinski definition) is 0. The lowest BCUT2D eigenvalue weighted by molar-refractivity contribution is 0.796. The van der Waals surface area contributed by atoms with E-state index in [-0.39, 0.29) is 5.41 Å². The summed E-state index contributed by atoms with van der Waals surface area (Å²) in [6.45, 7) is 0. The van der Waals surface area contributed by atoms with Gasteiger partial charge in [-0.1, -0.05) is 127 Å². The molecule has 1 spiro atoms. The summed E-state index contributed by atoms with van der Waals surface area (Å²) in [5.74, 6) is 0. The van der Waals surface area contributed by atoms with Gasteiger partial charge in [0.05, 0.1) is 5.41 Å². The number of rotatable bonds is 1. The van der Waals surface area contributed by atoms with Crippen LogP contribution in [-0.4, -0.2) is 0 Å². The monoisotopic (exact) mass is 498 g/mol. The minimum atomic E-state index is -0.339. The van der Waals surface area contributed by atoms with Crippen molar-refractivity contribution in [2.45, 2.75) is 5.41 Å². The van der Waals surface area contributed by atoms with E-state index in [1.165, 1.54) is 75.8 Å². The van der Waals surface area contributed by atoms with Crippen molar-refractivity contribution in [1.29, 1.82) is 0 Å². The minimum absolute atomic E-state index is 0.339. The fourth-order valence-electron chi connectivity index (χ4n) is 7.34. The van der Waals surface area contributed by atoms with Crippen LogP contribution in [0.1, 0.15) is 22.3 Å². The summed E-state index contributed by atoms with van der Waals surface area (Å²) < 4.78 is 2.71. The van der Waals surface area contributed by atoms with Crippen molar-refractivity contribution in [1.82, 2.24) is 0 Å². The Bertz CT molecular complexity index is 2030. The fourth-order valence-corrected chi connectivity index (χ4v) is 8.57. The second-order valence-corrected chi connectivity index (χ2v) is 11.4. The van der Waals surface area contributed by atoms with Gasteiger partial charge in [0.15, 0.2) is 0 Å². The molecule has 0 bridgehead atoms. The van der Waals surface area contributed by atoms with Crippen molar-refractivity contribution in [3.8, 4) is 33.4 Å². The maximum absolute atomic E-state index is 2.36. The second-order valence-electron chi connectivity index (χ2n) is 10.4. The summed E-state index contributed by atoms with van der Waals surface area (Å²) in [5.41, 5.74) is 13.3. The number of thiophene rings is 1. The van der Waals surface area contributed by atoms with E-state index in [0.29, 0.717) is 0 Å². The van der Waals surface area contributed by atoms with E-state index >= 15 is 0 Å². The standard InChI is InChI=1S/C37H22S/c1-5-19-31-23(11-1)24-12-2-6-20-32(24)37(31)33-21-7-3-13-25(33)27-15-9-16-28(35(27)37)30-18-10-17-29-26-14-4-8-22-34(26)38-36(29)30/h1-22H. The fraction of sp³-hybridized carbons (Fsp3) is 0.0270. The van der Waals surface area contributed by atoms with Crippen molar-refractivity contribution in [3.63, 3.8) is 0 Å². The van der Waals surface area contributed by atoms with E-state index in [2.05, 4.69) is 133 Å². The molecular formula is C37H22S. The lowest BCUT2D eigenvalue weighted by Gasteiger charge is -2.32. The van der Waals surface area contributed by atoms with E-state index in [9.17, 15) is 0 Å². The van der Waals surface area contributed by atoms with Crippen LogP contribution in [-0.2, 0) is 5.41 Å². The molecule has 0 radical (unpaired) electrons. The molecule has 7 aromatic rings. The molecule has 0 aliphatic heterocycles. The molecule has 0 unspecified atom stereocenters. The Morgan fingerprint density at radius 2 is 0.816 bits per heavy atom. The van der Waals surface area contributed by atoms with Crippen molar-refractivity contribution < 1.29 is 0 Å². The molecular weight excluding hydrogens is 476 g/mol. The Morgan fingerprint density at radius 1 is 0.368 bits per heavy atom. The predicted molar refractivity (Wildman–Crippen MR) is 161 cm³/mol. The Labute approximate surface area is 225 Å². The molecule has 0 saturated carbocycles. The van der Waals surface area contributed by atoms with Crippen LogP contribution in [0, 0.1) is 0 Å². The van der Waals surface area contributed by atoms with Crippen molar-refractivity contribution in [3.05, 3.63) is 156 Å². The highest BCUT2D eigenvalue weighted by Gasteiger charge is 2.52. The van der Waals surface area contributed by atoms with Crippen LogP contribution < -0.4 is 0 Å². The third kappa shape index (κ3) is 2.36. The van der Waals surface area contributed by atoms with Crippen molar-refractivity contribution in [2.24, 2.45) is 0 Å². The summed E-state index contributed by atoms with van der Waals surface area (Å²) in [6, 6.07) is 49.8. The molecule has 0 fully saturated rings. The van der Waals surface area contributed by atoms with Gasteiger partial charge in [0.1, 0.15) is 0 Å². The van der Waals surface area contributed by atoms with E-state index in [4.69, 9.17) is 0 Å². The van der Waals surface area contributed by atoms with Gasteiger partial charge in [-0.2, -0.15) is 0 Å². The summed E-state index contributed by atoms with van der Waals surface area (Å²) in [6.07, 6.45) is 0. The van der Waals surface area contributed by atoms with Gasteiger partial charge in [-0.15, -0.1) is 11.3 Å². The van der Waals surface area contributed by atoms with Crippen LogP contribution in [0.3, 0.4) is 0 Å². The predicted octanol–water partition coefficient (Wildman–Crippen LogP) is 10.1. The van der Waals surface area contributed by atoms with Crippen molar-refractivity contribution >= 4 is 31.5 Å². The number of hydrogen-bond acceptors (Lipinski definition) is 1. The van der Waals surface area contributed by atoms with Crippen molar-refractivity contribution in [2.75, 3.05) is 0 Å². The van der Waals surface area contributed by atoms with Crippen LogP contribution in [0.2, 0.25) is 0 Å². The number of fused-ring (bicyclic) bond motifs is 13. The molecule has 2 aliphatic carbocycles. The summed E-state index contributed by atoms with van der Waals surface area (Å²) in [4.78, 5) is 0. The van der Waals surface area contributed by atoms with E-state index in [1.54, 1.807) is 0 Å². The smallest absolute Gasteiger partial charge is 0.0731 e. The zero-order valence-corrected chi connectivity index (χ0v) is 21.4. The largest absolute Gasteiger partial charge is 0.135 e. The van der Waals surface area contributed by atoms with Crippen LogP contribution in [0.4, 0.5) is 0 Å². The normalized spacial score (nSPS) is 14.0. The van der Waals surface area contributed by atoms with Gasteiger partial charge in [-0.25, -0.2) is 0 Å². The first kappa shape index (κ1) is 20.6. The van der Waals surface area contributed by atoms with E-state index < -0.39 is 0 Å². The molecule has 0 N–H and O–H groups in total. The molecule has 176 valence electrons. The lowest BCUT2D eigenvalue weighted by Crippen LogP contribution is -2.26. The van der Waals surface area contributed by atoms with Crippen LogP contribution in [0.15, 0.2) is 133 Å². The van der Waals surface area contributed by atoms with Crippen LogP contribution >= 0.6 is 11.3 Å². The van der Waals surface area contributed by atoms with Gasteiger partial charge < -0.3 is 0 Å². The van der Waals surface area contributed by atoms with E-state index in [0.717, 1.165) is 0 Å². The first-order valence-corrected chi connectivity index (χ1v) is 14.0. The maximum Gasteiger partial charge on any atom is 0.0731 e. The average Bonchev–Trinajstić information content (AvgIpc) is 3.61. The van der Waals surface area contributed by atoms with Gasteiger partial charge in [0, 0.05) is 20.2 Å². The van der Waals surface area contributed by atoms with Gasteiger partial charge in [0.25, 0.3) is 0 Å². The molecule has 0 nitrogen and oxygen atoms in total. The summed E-state index contributed by atoms with van der Waals surface area (Å²) >= 11 is 1.91. The second kappa shape index (κ2) is 7.31. The molecule has 1 heterocycles. The van der Waals surface area contributed by atoms with Gasteiger partial charge in [-0.3, -0.25) is 0 Å². The highest BCUT2D eigenvalue weighted by atomic mass is 32.1. The van der Waals surface area contributed by atoms with Crippen LogP contribution in [0.5, 0.6) is 0 Å². The first-order chi connectivity index (χ1) is 18.9. The minimum Gasteiger partial charge on any atom is -0.135 e. The molecule has 0 atom stereocenters. The Morgan fingerprint density at radius 3 is 1.50 bits per heavy atom. The quantitative estimate of drug-likeness (QED) is 0.211. The lowest BCUT2D eigenvalue weighted by atomic mass is 9.68. The molecule has 38 heavy (non-hydrogen) atoms. The topological polar surface area (TPSA) is 0 Å². The SMILES string of the molecule is c1ccc2c(c1)-c1ccccc1C21c2ccccc2-c2cccc(-c3cccc4c3sc3ccccc34)c21. The Balaban J connectivity index is 1.48. The maximum atomic E-state index is 2.36. The Kier molecular flexibility index (Phi) is 3.96. The Hall–Kier alpha value is -4.46. The molecule has 6 aromatic carbocycles. The van der Waals surface area contributed by atoms with E-state index in [1.807, 2.05) is 11.3 Å². The van der Waals surface area contributed by atoms with Gasteiger partial charge in [0.2, 0.25) is 0 Å². The average molecular weight is 499 g/mol. The zero-order chi connectivity index (χ0) is 24.8. The van der Waals surface area contributed by atoms with Gasteiger partial charge in [-0.05, 0) is 61.7 Å².